The molecule has 4 rings (SSSR count). The highest BCUT2D eigenvalue weighted by molar-refractivity contribution is 6.06. The number of imide groups is 1. The zero-order valence-corrected chi connectivity index (χ0v) is 19.1. The van der Waals surface area contributed by atoms with Gasteiger partial charge in [0.25, 0.3) is 5.91 Å². The van der Waals surface area contributed by atoms with E-state index < -0.39 is 5.54 Å². The number of nitrogens with zero attached hydrogens (tertiary/aromatic N) is 3. The minimum atomic E-state index is -0.651. The first-order chi connectivity index (χ1) is 14.8. The molecule has 1 spiro atoms. The van der Waals surface area contributed by atoms with E-state index in [4.69, 9.17) is 0 Å². The first-order valence-corrected chi connectivity index (χ1v) is 11.3. The third kappa shape index (κ3) is 3.99. The summed E-state index contributed by atoms with van der Waals surface area (Å²) in [6, 6.07) is 17.1. The van der Waals surface area contributed by atoms with Gasteiger partial charge in [0.05, 0.1) is 0 Å². The van der Waals surface area contributed by atoms with Crippen molar-refractivity contribution in [3.63, 3.8) is 0 Å². The first kappa shape index (κ1) is 21.6. The topological polar surface area (TPSA) is 43.9 Å². The van der Waals surface area contributed by atoms with Crippen molar-refractivity contribution in [2.24, 2.45) is 5.92 Å². The van der Waals surface area contributed by atoms with Crippen molar-refractivity contribution in [1.82, 2.24) is 14.7 Å². The molecule has 0 bridgehead atoms. The van der Waals surface area contributed by atoms with Crippen LogP contribution in [-0.4, -0.2) is 58.9 Å². The smallest absolute Gasteiger partial charge is 0.309 e. The predicted molar refractivity (Wildman–Crippen MR) is 124 cm³/mol. The van der Waals surface area contributed by atoms with E-state index in [2.05, 4.69) is 74.2 Å². The molecule has 0 saturated carbocycles. The van der Waals surface area contributed by atoms with Crippen molar-refractivity contribution in [2.75, 3.05) is 26.7 Å². The van der Waals surface area contributed by atoms with Crippen molar-refractivity contribution in [2.45, 2.75) is 45.7 Å². The molecular weight excluding hydrogens is 386 g/mol. The lowest BCUT2D eigenvalue weighted by atomic mass is 9.85. The predicted octanol–water partition coefficient (Wildman–Crippen LogP) is 4.55. The number of benzene rings is 2. The number of carbonyl (C=O) groups is 2. The fourth-order valence-electron chi connectivity index (χ4n) is 5.01. The summed E-state index contributed by atoms with van der Waals surface area (Å²) in [5.41, 5.74) is 4.41. The molecule has 5 heteroatoms. The van der Waals surface area contributed by atoms with Crippen LogP contribution in [0.3, 0.4) is 0 Å². The molecule has 2 fully saturated rings. The van der Waals surface area contributed by atoms with E-state index in [-0.39, 0.29) is 11.9 Å². The highest BCUT2D eigenvalue weighted by Gasteiger charge is 2.56. The number of hydrogen-bond acceptors (Lipinski definition) is 3. The van der Waals surface area contributed by atoms with E-state index in [0.29, 0.717) is 25.3 Å². The van der Waals surface area contributed by atoms with Crippen molar-refractivity contribution in [3.8, 4) is 11.1 Å². The number of piperidine rings is 1. The molecule has 0 aromatic heterocycles. The van der Waals surface area contributed by atoms with E-state index in [1.165, 1.54) is 27.2 Å². The second-order valence-electron chi connectivity index (χ2n) is 9.47. The number of likely N-dealkylation sites (N-methyl/N-ethyl adjacent to an activating group) is 1. The molecular formula is C26H33N3O2. The fourth-order valence-corrected chi connectivity index (χ4v) is 5.01. The summed E-state index contributed by atoms with van der Waals surface area (Å²) in [5.74, 6) is 0.310. The monoisotopic (exact) mass is 419 g/mol. The molecule has 0 atom stereocenters. The number of amides is 3. The van der Waals surface area contributed by atoms with Crippen LogP contribution in [0, 0.1) is 12.8 Å². The quantitative estimate of drug-likeness (QED) is 0.668. The van der Waals surface area contributed by atoms with Crippen molar-refractivity contribution in [3.05, 3.63) is 59.7 Å². The van der Waals surface area contributed by atoms with Gasteiger partial charge in [-0.2, -0.15) is 0 Å². The second kappa shape index (κ2) is 8.46. The maximum Gasteiger partial charge on any atom is 0.327 e. The Bertz CT molecular complexity index is 959. The first-order valence-electron chi connectivity index (χ1n) is 11.3. The molecule has 2 saturated heterocycles. The largest absolute Gasteiger partial charge is 0.327 e. The van der Waals surface area contributed by atoms with Crippen molar-refractivity contribution >= 4 is 11.9 Å². The number of hydrogen-bond donors (Lipinski definition) is 0. The van der Waals surface area contributed by atoms with Gasteiger partial charge in [0, 0.05) is 33.2 Å². The van der Waals surface area contributed by atoms with E-state index >= 15 is 0 Å². The van der Waals surface area contributed by atoms with Crippen molar-refractivity contribution < 1.29 is 9.59 Å². The Kier molecular flexibility index (Phi) is 5.89. The average molecular weight is 420 g/mol. The molecule has 0 unspecified atom stereocenters. The maximum atomic E-state index is 13.0. The SMILES string of the molecule is Cc1ccccc1-c1ccc(CN2CCC3(CC2)C(=O)N(C)C(=O)N3CC(C)C)cc1. The van der Waals surface area contributed by atoms with Gasteiger partial charge in [-0.05, 0) is 47.9 Å². The Morgan fingerprint density at radius 3 is 2.23 bits per heavy atom. The van der Waals surface area contributed by atoms with Gasteiger partial charge in [-0.15, -0.1) is 0 Å². The molecule has 3 amide bonds. The van der Waals surface area contributed by atoms with Gasteiger partial charge in [0.2, 0.25) is 0 Å². The molecule has 2 aliphatic rings. The lowest BCUT2D eigenvalue weighted by Gasteiger charge is -2.42. The van der Waals surface area contributed by atoms with Crippen LogP contribution in [-0.2, 0) is 11.3 Å². The Morgan fingerprint density at radius 1 is 0.968 bits per heavy atom. The van der Waals surface area contributed by atoms with Gasteiger partial charge in [-0.25, -0.2) is 4.79 Å². The number of carbonyl (C=O) groups excluding carboxylic acids is 2. The third-order valence-electron chi connectivity index (χ3n) is 6.78. The van der Waals surface area contributed by atoms with Gasteiger partial charge in [0.1, 0.15) is 5.54 Å². The van der Waals surface area contributed by atoms with E-state index in [1.54, 1.807) is 7.05 Å². The zero-order chi connectivity index (χ0) is 22.2. The number of aryl methyl sites for hydroxylation is 1. The molecule has 2 aromatic carbocycles. The normalized spacial score (nSPS) is 19.1. The maximum absolute atomic E-state index is 13.0. The van der Waals surface area contributed by atoms with Gasteiger partial charge < -0.3 is 4.90 Å². The molecule has 2 aromatic rings. The minimum absolute atomic E-state index is 0.0274. The van der Waals surface area contributed by atoms with Gasteiger partial charge >= 0.3 is 6.03 Å². The van der Waals surface area contributed by atoms with Crippen LogP contribution in [0.5, 0.6) is 0 Å². The van der Waals surface area contributed by atoms with Gasteiger partial charge in [-0.3, -0.25) is 14.6 Å². The fraction of sp³-hybridized carbons (Fsp3) is 0.462. The Morgan fingerprint density at radius 2 is 1.61 bits per heavy atom. The standard InChI is InChI=1S/C26H33N3O2/c1-19(2)17-29-25(31)27(4)24(30)26(29)13-15-28(16-14-26)18-21-9-11-22(12-10-21)23-8-6-5-7-20(23)3/h5-12,19H,13-18H2,1-4H3. The van der Waals surface area contributed by atoms with Crippen LogP contribution < -0.4 is 0 Å². The molecule has 0 radical (unpaired) electrons. The molecule has 31 heavy (non-hydrogen) atoms. The lowest BCUT2D eigenvalue weighted by molar-refractivity contribution is -0.135. The van der Waals surface area contributed by atoms with E-state index in [1.807, 2.05) is 4.90 Å². The van der Waals surface area contributed by atoms with Gasteiger partial charge in [-0.1, -0.05) is 62.4 Å². The molecule has 164 valence electrons. The van der Waals surface area contributed by atoms with Crippen LogP contribution in [0.4, 0.5) is 4.79 Å². The average Bonchev–Trinajstić information content (AvgIpc) is 2.92. The molecule has 0 N–H and O–H groups in total. The highest BCUT2D eigenvalue weighted by Crippen LogP contribution is 2.37. The lowest BCUT2D eigenvalue weighted by Crippen LogP contribution is -2.57. The Balaban J connectivity index is 1.43. The molecule has 0 aliphatic carbocycles. The summed E-state index contributed by atoms with van der Waals surface area (Å²) in [6.07, 6.45) is 1.41. The summed E-state index contributed by atoms with van der Waals surface area (Å²) in [7, 11) is 1.62. The summed E-state index contributed by atoms with van der Waals surface area (Å²) in [6.45, 7) is 9.48. The second-order valence-corrected chi connectivity index (χ2v) is 9.47. The van der Waals surface area contributed by atoms with Crippen LogP contribution in [0.15, 0.2) is 48.5 Å². The minimum Gasteiger partial charge on any atom is -0.309 e. The number of likely N-dealkylation sites (tertiary alicyclic amines) is 1. The number of urea groups is 1. The highest BCUT2D eigenvalue weighted by atomic mass is 16.2. The van der Waals surface area contributed by atoms with Crippen molar-refractivity contribution in [1.29, 1.82) is 0 Å². The molecule has 2 heterocycles. The van der Waals surface area contributed by atoms with E-state index in [0.717, 1.165) is 19.6 Å². The molecule has 5 nitrogen and oxygen atoms in total. The Hall–Kier alpha value is -2.66. The summed E-state index contributed by atoms with van der Waals surface area (Å²) < 4.78 is 0. The third-order valence-corrected chi connectivity index (χ3v) is 6.78. The molecule has 2 aliphatic heterocycles. The summed E-state index contributed by atoms with van der Waals surface area (Å²) in [4.78, 5) is 31.2. The van der Waals surface area contributed by atoms with E-state index in [9.17, 15) is 9.59 Å². The Labute approximate surface area is 185 Å². The zero-order valence-electron chi connectivity index (χ0n) is 19.1. The van der Waals surface area contributed by atoms with Crippen LogP contribution in [0.25, 0.3) is 11.1 Å². The van der Waals surface area contributed by atoms with Gasteiger partial charge in [0.15, 0.2) is 0 Å². The summed E-state index contributed by atoms with van der Waals surface area (Å²) >= 11 is 0. The van der Waals surface area contributed by atoms with Crippen LogP contribution in [0.2, 0.25) is 0 Å². The number of rotatable bonds is 5. The summed E-state index contributed by atoms with van der Waals surface area (Å²) in [5, 5.41) is 0. The van der Waals surface area contributed by atoms with Crippen LogP contribution >= 0.6 is 0 Å². The van der Waals surface area contributed by atoms with Crippen LogP contribution in [0.1, 0.15) is 37.8 Å².